The molecule has 98 valence electrons. The van der Waals surface area contributed by atoms with Crippen LogP contribution in [0.25, 0.3) is 0 Å². The van der Waals surface area contributed by atoms with Gasteiger partial charge in [-0.25, -0.2) is 0 Å². The lowest BCUT2D eigenvalue weighted by molar-refractivity contribution is -0.0756. The van der Waals surface area contributed by atoms with Crippen LogP contribution in [0.5, 0.6) is 5.75 Å². The molecule has 0 radical (unpaired) electrons. The first-order valence-electron chi connectivity index (χ1n) is 6.86. The van der Waals surface area contributed by atoms with Gasteiger partial charge in [-0.05, 0) is 42.5 Å². The maximum Gasteiger partial charge on any atom is 0.115 e. The number of fused-ring (bicyclic) bond motifs is 1. The fourth-order valence-electron chi connectivity index (χ4n) is 3.88. The quantitative estimate of drug-likeness (QED) is 0.747. The molecule has 3 rings (SSSR count). The number of aromatic hydroxyl groups is 1. The van der Waals surface area contributed by atoms with Crippen molar-refractivity contribution in [2.75, 3.05) is 6.54 Å². The predicted molar refractivity (Wildman–Crippen MR) is 70.6 cm³/mol. The Morgan fingerprint density at radius 3 is 2.56 bits per heavy atom. The number of phenols is 1. The summed E-state index contributed by atoms with van der Waals surface area (Å²) in [4.78, 5) is 0. The summed E-state index contributed by atoms with van der Waals surface area (Å²) in [6.07, 6.45) is 5.86. The second-order valence-electron chi connectivity index (χ2n) is 5.90. The fraction of sp³-hybridized carbons (Fsp3) is 0.600. The second kappa shape index (κ2) is 3.97. The van der Waals surface area contributed by atoms with Gasteiger partial charge in [-0.3, -0.25) is 0 Å². The number of benzene rings is 1. The third-order valence-electron chi connectivity index (χ3n) is 5.02. The Labute approximate surface area is 108 Å². The lowest BCUT2D eigenvalue weighted by Gasteiger charge is -2.55. The number of hydrogen-bond donors (Lipinski definition) is 3. The van der Waals surface area contributed by atoms with Crippen molar-refractivity contribution in [3.05, 3.63) is 29.3 Å². The summed E-state index contributed by atoms with van der Waals surface area (Å²) in [5, 5.41) is 20.7. The highest BCUT2D eigenvalue weighted by Gasteiger charge is 2.56. The van der Waals surface area contributed by atoms with Gasteiger partial charge in [0, 0.05) is 12.0 Å². The minimum atomic E-state index is -0.680. The van der Waals surface area contributed by atoms with Crippen molar-refractivity contribution < 1.29 is 10.2 Å². The van der Waals surface area contributed by atoms with Crippen LogP contribution in [0, 0.1) is 0 Å². The monoisotopic (exact) mass is 247 g/mol. The summed E-state index contributed by atoms with van der Waals surface area (Å²) in [5.41, 5.74) is 7.28. The molecule has 1 aromatic rings. The van der Waals surface area contributed by atoms with Gasteiger partial charge in [0.2, 0.25) is 0 Å². The topological polar surface area (TPSA) is 66.5 Å². The van der Waals surface area contributed by atoms with Crippen molar-refractivity contribution in [1.29, 1.82) is 0 Å². The Kier molecular flexibility index (Phi) is 2.65. The molecule has 1 unspecified atom stereocenters. The van der Waals surface area contributed by atoms with Crippen LogP contribution in [0.2, 0.25) is 0 Å². The molecule has 0 aromatic heterocycles. The average molecular weight is 247 g/mol. The van der Waals surface area contributed by atoms with E-state index in [0.717, 1.165) is 37.7 Å². The zero-order chi connectivity index (χ0) is 12.8. The number of rotatable bonds is 2. The van der Waals surface area contributed by atoms with E-state index in [2.05, 4.69) is 0 Å². The highest BCUT2D eigenvalue weighted by atomic mass is 16.3. The van der Waals surface area contributed by atoms with Gasteiger partial charge in [0.05, 0.1) is 5.60 Å². The van der Waals surface area contributed by atoms with E-state index in [9.17, 15) is 10.2 Å². The highest BCUT2D eigenvalue weighted by molar-refractivity contribution is 5.51. The minimum Gasteiger partial charge on any atom is -0.508 e. The molecule has 1 saturated carbocycles. The lowest BCUT2D eigenvalue weighted by Crippen LogP contribution is -2.62. The summed E-state index contributed by atoms with van der Waals surface area (Å²) < 4.78 is 0. The number of phenolic OH excluding ortho intramolecular Hbond substituents is 1. The van der Waals surface area contributed by atoms with Gasteiger partial charge >= 0.3 is 0 Å². The Hall–Kier alpha value is -1.06. The third-order valence-corrected chi connectivity index (χ3v) is 5.02. The van der Waals surface area contributed by atoms with Gasteiger partial charge in [0.25, 0.3) is 0 Å². The van der Waals surface area contributed by atoms with E-state index in [-0.39, 0.29) is 11.2 Å². The van der Waals surface area contributed by atoms with Gasteiger partial charge in [-0.15, -0.1) is 0 Å². The van der Waals surface area contributed by atoms with Crippen LogP contribution in [-0.2, 0) is 11.8 Å². The van der Waals surface area contributed by atoms with E-state index < -0.39 is 5.60 Å². The van der Waals surface area contributed by atoms with E-state index in [1.54, 1.807) is 12.1 Å². The van der Waals surface area contributed by atoms with Gasteiger partial charge < -0.3 is 15.9 Å². The van der Waals surface area contributed by atoms with E-state index >= 15 is 0 Å². The smallest absolute Gasteiger partial charge is 0.115 e. The highest BCUT2D eigenvalue weighted by Crippen LogP contribution is 2.53. The van der Waals surface area contributed by atoms with Crippen LogP contribution < -0.4 is 5.73 Å². The molecule has 1 fully saturated rings. The Balaban J connectivity index is 2.02. The van der Waals surface area contributed by atoms with Crippen LogP contribution in [-0.4, -0.2) is 22.4 Å². The summed E-state index contributed by atoms with van der Waals surface area (Å²) in [6, 6.07) is 5.45. The molecule has 3 nitrogen and oxygen atoms in total. The molecule has 0 saturated heterocycles. The fourth-order valence-corrected chi connectivity index (χ4v) is 3.88. The molecule has 2 aliphatic rings. The zero-order valence-electron chi connectivity index (χ0n) is 10.7. The molecule has 0 aliphatic heterocycles. The average Bonchev–Trinajstić information content (AvgIpc) is 2.35. The van der Waals surface area contributed by atoms with Crippen LogP contribution in [0.1, 0.15) is 43.2 Å². The van der Waals surface area contributed by atoms with Crippen LogP contribution in [0.3, 0.4) is 0 Å². The molecule has 0 spiro atoms. The number of nitrogens with two attached hydrogens (primary N) is 1. The normalized spacial score (nSPS) is 29.4. The van der Waals surface area contributed by atoms with Crippen molar-refractivity contribution in [2.45, 2.75) is 49.5 Å². The van der Waals surface area contributed by atoms with Crippen LogP contribution in [0.15, 0.2) is 18.2 Å². The van der Waals surface area contributed by atoms with Gasteiger partial charge in [0.1, 0.15) is 5.75 Å². The van der Waals surface area contributed by atoms with Gasteiger partial charge in [-0.1, -0.05) is 25.3 Å². The Bertz CT molecular complexity index is 466. The first-order chi connectivity index (χ1) is 8.61. The molecule has 1 atom stereocenters. The molecule has 0 amide bonds. The SMILES string of the molecule is NCC1(C2(O)CCCCC2)Cc2ccc(O)cc21. The molecular weight excluding hydrogens is 226 g/mol. The molecule has 3 heteroatoms. The largest absolute Gasteiger partial charge is 0.508 e. The molecular formula is C15H21NO2. The van der Waals surface area contributed by atoms with Crippen molar-refractivity contribution in [3.63, 3.8) is 0 Å². The maximum absolute atomic E-state index is 11.0. The first kappa shape index (κ1) is 12.0. The van der Waals surface area contributed by atoms with E-state index in [4.69, 9.17) is 5.73 Å². The van der Waals surface area contributed by atoms with Crippen LogP contribution >= 0.6 is 0 Å². The molecule has 0 heterocycles. The van der Waals surface area contributed by atoms with E-state index in [0.29, 0.717) is 6.54 Å². The Morgan fingerprint density at radius 2 is 1.89 bits per heavy atom. The minimum absolute atomic E-state index is 0.269. The van der Waals surface area contributed by atoms with Gasteiger partial charge in [-0.2, -0.15) is 0 Å². The van der Waals surface area contributed by atoms with Gasteiger partial charge in [0.15, 0.2) is 0 Å². The zero-order valence-corrected chi connectivity index (χ0v) is 10.7. The van der Waals surface area contributed by atoms with Crippen LogP contribution in [0.4, 0.5) is 0 Å². The third kappa shape index (κ3) is 1.44. The van der Waals surface area contributed by atoms with E-state index in [1.807, 2.05) is 6.07 Å². The van der Waals surface area contributed by atoms with Crippen molar-refractivity contribution in [1.82, 2.24) is 0 Å². The van der Waals surface area contributed by atoms with E-state index in [1.165, 1.54) is 12.0 Å². The molecule has 1 aromatic carbocycles. The lowest BCUT2D eigenvalue weighted by atomic mass is 9.52. The van der Waals surface area contributed by atoms with Crippen molar-refractivity contribution in [2.24, 2.45) is 5.73 Å². The second-order valence-corrected chi connectivity index (χ2v) is 5.90. The standard InChI is InChI=1S/C15H21NO2/c16-10-14(15(18)6-2-1-3-7-15)9-11-4-5-12(17)8-13(11)14/h4-5,8,17-18H,1-3,6-7,9-10,16H2. The Morgan fingerprint density at radius 1 is 1.17 bits per heavy atom. The molecule has 0 bridgehead atoms. The number of aliphatic hydroxyl groups is 1. The summed E-state index contributed by atoms with van der Waals surface area (Å²) in [7, 11) is 0. The predicted octanol–water partition coefficient (Wildman–Crippen LogP) is 1.84. The molecule has 4 N–H and O–H groups in total. The molecule has 2 aliphatic carbocycles. The summed E-state index contributed by atoms with van der Waals surface area (Å²) in [5.74, 6) is 0.269. The number of hydrogen-bond acceptors (Lipinski definition) is 3. The summed E-state index contributed by atoms with van der Waals surface area (Å²) >= 11 is 0. The molecule has 18 heavy (non-hydrogen) atoms. The first-order valence-corrected chi connectivity index (χ1v) is 6.86. The van der Waals surface area contributed by atoms with Crippen molar-refractivity contribution in [3.8, 4) is 5.75 Å². The maximum atomic E-state index is 11.0. The van der Waals surface area contributed by atoms with Crippen molar-refractivity contribution >= 4 is 0 Å². The summed E-state index contributed by atoms with van der Waals surface area (Å²) in [6.45, 7) is 0.458.